The van der Waals surface area contributed by atoms with Crippen molar-refractivity contribution < 1.29 is 9.90 Å². The van der Waals surface area contributed by atoms with E-state index in [1.165, 1.54) is 0 Å². The highest BCUT2D eigenvalue weighted by molar-refractivity contribution is 5.94. The summed E-state index contributed by atoms with van der Waals surface area (Å²) in [6.07, 6.45) is 2.92. The summed E-state index contributed by atoms with van der Waals surface area (Å²) < 4.78 is 1.69. The van der Waals surface area contributed by atoms with Crippen LogP contribution in [0.3, 0.4) is 0 Å². The number of aliphatic hydroxyl groups excluding tert-OH is 1. The Hall–Kier alpha value is -3.00. The molecule has 0 saturated carbocycles. The van der Waals surface area contributed by atoms with Crippen LogP contribution in [-0.2, 0) is 13.1 Å². The van der Waals surface area contributed by atoms with E-state index in [2.05, 4.69) is 27.4 Å². The Labute approximate surface area is 169 Å². The summed E-state index contributed by atoms with van der Waals surface area (Å²) in [6, 6.07) is 7.60. The molecule has 1 aliphatic heterocycles. The van der Waals surface area contributed by atoms with E-state index >= 15 is 0 Å². The molecule has 0 radical (unpaired) electrons. The second-order valence-electron chi connectivity index (χ2n) is 8.13. The lowest BCUT2D eigenvalue weighted by Gasteiger charge is -2.30. The third-order valence-corrected chi connectivity index (χ3v) is 5.40. The molecule has 3 heterocycles. The maximum Gasteiger partial charge on any atom is 0.254 e. The van der Waals surface area contributed by atoms with E-state index in [4.69, 9.17) is 0 Å². The highest BCUT2D eigenvalue weighted by atomic mass is 16.3. The number of carbonyl (C=O) groups excluding carboxylic acids is 1. The van der Waals surface area contributed by atoms with Gasteiger partial charge < -0.3 is 10.0 Å². The summed E-state index contributed by atoms with van der Waals surface area (Å²) in [7, 11) is 0. The molecule has 0 spiro atoms. The maximum absolute atomic E-state index is 13.1. The first-order valence-electron chi connectivity index (χ1n) is 9.91. The molecule has 4 rings (SSSR count). The van der Waals surface area contributed by atoms with Gasteiger partial charge in [-0.15, -0.1) is 5.10 Å². The third kappa shape index (κ3) is 3.93. The minimum absolute atomic E-state index is 0.0139. The average molecular weight is 394 g/mol. The number of fused-ring (bicyclic) bond motifs is 1. The number of nitrogens with one attached hydrogen (secondary N) is 1. The van der Waals surface area contributed by atoms with Crippen molar-refractivity contribution in [3.05, 3.63) is 64.7 Å². The largest absolute Gasteiger partial charge is 0.386 e. The Morgan fingerprint density at radius 3 is 3.00 bits per heavy atom. The van der Waals surface area contributed by atoms with Gasteiger partial charge in [0.1, 0.15) is 11.8 Å². The van der Waals surface area contributed by atoms with Crippen LogP contribution in [0.2, 0.25) is 0 Å². The fourth-order valence-electron chi connectivity index (χ4n) is 3.76. The monoisotopic (exact) mass is 394 g/mol. The van der Waals surface area contributed by atoms with E-state index in [-0.39, 0.29) is 17.7 Å². The number of hydrogen-bond acceptors (Lipinski definition) is 5. The van der Waals surface area contributed by atoms with E-state index in [0.29, 0.717) is 30.9 Å². The molecule has 0 bridgehead atoms. The molecule has 8 nitrogen and oxygen atoms in total. The minimum atomic E-state index is -0.634. The molecule has 29 heavy (non-hydrogen) atoms. The molecular formula is C21H26N6O2. The van der Waals surface area contributed by atoms with Crippen LogP contribution in [0, 0.1) is 5.92 Å². The number of rotatable bonds is 5. The van der Waals surface area contributed by atoms with Crippen molar-refractivity contribution >= 4 is 5.91 Å². The zero-order chi connectivity index (χ0) is 20.5. The highest BCUT2D eigenvalue weighted by Gasteiger charge is 2.27. The van der Waals surface area contributed by atoms with Crippen LogP contribution in [-0.4, -0.2) is 47.6 Å². The van der Waals surface area contributed by atoms with E-state index in [0.717, 1.165) is 16.8 Å². The number of benzene rings is 1. The van der Waals surface area contributed by atoms with Crippen molar-refractivity contribution in [2.45, 2.75) is 45.9 Å². The molecule has 1 amide bonds. The average Bonchev–Trinajstić information content (AvgIpc) is 3.36. The molecule has 1 aromatic carbocycles. The quantitative estimate of drug-likeness (QED) is 0.693. The number of amides is 1. The third-order valence-electron chi connectivity index (χ3n) is 5.40. The predicted molar refractivity (Wildman–Crippen MR) is 107 cm³/mol. The summed E-state index contributed by atoms with van der Waals surface area (Å²) >= 11 is 0. The zero-order valence-corrected chi connectivity index (χ0v) is 16.9. The molecule has 2 atom stereocenters. The first kappa shape index (κ1) is 19.3. The number of carbonyl (C=O) groups is 1. The fourth-order valence-corrected chi connectivity index (χ4v) is 3.76. The molecule has 2 aromatic heterocycles. The smallest absolute Gasteiger partial charge is 0.254 e. The Kier molecular flexibility index (Phi) is 5.19. The Bertz CT molecular complexity index is 1010. The van der Waals surface area contributed by atoms with Gasteiger partial charge in [0.2, 0.25) is 0 Å². The highest BCUT2D eigenvalue weighted by Crippen LogP contribution is 2.27. The van der Waals surface area contributed by atoms with E-state index in [9.17, 15) is 9.90 Å². The number of aromatic nitrogens is 5. The summed E-state index contributed by atoms with van der Waals surface area (Å²) in [5, 5.41) is 25.5. The standard InChI is InChI=1S/C21H26N6O2/c1-13(2)20(28)18-12-27(25-23-18)10-15-5-4-6-16(7-15)21(29)26-9-14(3)19-17(11-26)8-22-24-19/h4-8,12-14,20,28H,9-11H2,1-3H3,(H,22,24). The molecular weight excluding hydrogens is 368 g/mol. The van der Waals surface area contributed by atoms with Gasteiger partial charge in [-0.1, -0.05) is 38.1 Å². The van der Waals surface area contributed by atoms with Crippen LogP contribution < -0.4 is 0 Å². The van der Waals surface area contributed by atoms with Crippen molar-refractivity contribution in [3.63, 3.8) is 0 Å². The molecule has 8 heteroatoms. The molecule has 2 N–H and O–H groups in total. The van der Waals surface area contributed by atoms with Crippen molar-refractivity contribution in [2.75, 3.05) is 6.54 Å². The number of nitrogens with zero attached hydrogens (tertiary/aromatic N) is 5. The SMILES string of the molecule is CC1CN(C(=O)c2cccc(Cn3cc(C(O)C(C)C)nn3)c2)Cc2cn[nH]c21. The van der Waals surface area contributed by atoms with Crippen LogP contribution >= 0.6 is 0 Å². The van der Waals surface area contributed by atoms with Crippen LogP contribution in [0.1, 0.15) is 65.7 Å². The lowest BCUT2D eigenvalue weighted by molar-refractivity contribution is 0.0720. The second-order valence-corrected chi connectivity index (χ2v) is 8.13. The summed E-state index contributed by atoms with van der Waals surface area (Å²) in [5.74, 6) is 0.318. The lowest BCUT2D eigenvalue weighted by atomic mass is 9.97. The molecule has 2 unspecified atom stereocenters. The van der Waals surface area contributed by atoms with Gasteiger partial charge >= 0.3 is 0 Å². The number of aromatic amines is 1. The normalized spacial score (nSPS) is 17.4. The first-order valence-corrected chi connectivity index (χ1v) is 9.91. The number of H-pyrrole nitrogens is 1. The predicted octanol–water partition coefficient (Wildman–Crippen LogP) is 2.50. The van der Waals surface area contributed by atoms with Gasteiger partial charge in [0.05, 0.1) is 18.9 Å². The molecule has 1 aliphatic rings. The Morgan fingerprint density at radius 1 is 1.38 bits per heavy atom. The number of aliphatic hydroxyl groups is 1. The van der Waals surface area contributed by atoms with Gasteiger partial charge in [0, 0.05) is 35.8 Å². The van der Waals surface area contributed by atoms with Gasteiger partial charge in [-0.3, -0.25) is 9.89 Å². The van der Waals surface area contributed by atoms with Gasteiger partial charge in [0.15, 0.2) is 0 Å². The van der Waals surface area contributed by atoms with Crippen LogP contribution in [0.25, 0.3) is 0 Å². The summed E-state index contributed by atoms with van der Waals surface area (Å²) in [4.78, 5) is 14.9. The fraction of sp³-hybridized carbons (Fsp3) is 0.429. The molecule has 0 fully saturated rings. The molecule has 3 aromatic rings. The van der Waals surface area contributed by atoms with Gasteiger partial charge in [-0.2, -0.15) is 5.10 Å². The summed E-state index contributed by atoms with van der Waals surface area (Å²) in [6.45, 7) is 7.69. The zero-order valence-electron chi connectivity index (χ0n) is 16.9. The Balaban J connectivity index is 1.48. The van der Waals surface area contributed by atoms with Crippen molar-refractivity contribution in [1.29, 1.82) is 0 Å². The van der Waals surface area contributed by atoms with E-state index < -0.39 is 6.10 Å². The maximum atomic E-state index is 13.1. The van der Waals surface area contributed by atoms with Crippen molar-refractivity contribution in [1.82, 2.24) is 30.1 Å². The van der Waals surface area contributed by atoms with Crippen LogP contribution in [0.15, 0.2) is 36.7 Å². The van der Waals surface area contributed by atoms with Crippen LogP contribution in [0.4, 0.5) is 0 Å². The van der Waals surface area contributed by atoms with Gasteiger partial charge in [0.25, 0.3) is 5.91 Å². The van der Waals surface area contributed by atoms with E-state index in [1.807, 2.05) is 43.0 Å². The van der Waals surface area contributed by atoms with Crippen molar-refractivity contribution in [2.24, 2.45) is 5.92 Å². The lowest BCUT2D eigenvalue weighted by Crippen LogP contribution is -2.37. The van der Waals surface area contributed by atoms with Crippen LogP contribution in [0.5, 0.6) is 0 Å². The first-order chi connectivity index (χ1) is 13.9. The minimum Gasteiger partial charge on any atom is -0.386 e. The Morgan fingerprint density at radius 2 is 2.21 bits per heavy atom. The summed E-state index contributed by atoms with van der Waals surface area (Å²) in [5.41, 5.74) is 4.37. The topological polar surface area (TPSA) is 99.9 Å². The molecule has 0 saturated heterocycles. The van der Waals surface area contributed by atoms with Crippen molar-refractivity contribution in [3.8, 4) is 0 Å². The molecule has 0 aliphatic carbocycles. The number of hydrogen-bond donors (Lipinski definition) is 2. The van der Waals surface area contributed by atoms with Gasteiger partial charge in [-0.25, -0.2) is 4.68 Å². The van der Waals surface area contributed by atoms with Gasteiger partial charge in [-0.05, 0) is 23.6 Å². The van der Waals surface area contributed by atoms with E-state index in [1.54, 1.807) is 17.1 Å². The molecule has 152 valence electrons. The second kappa shape index (κ2) is 7.79.